The molecule has 0 atom stereocenters. The number of piperidine rings is 1. The van der Waals surface area contributed by atoms with Crippen molar-refractivity contribution in [2.24, 2.45) is 5.92 Å². The van der Waals surface area contributed by atoms with E-state index in [0.717, 1.165) is 62.0 Å². The van der Waals surface area contributed by atoms with Gasteiger partial charge in [0.15, 0.2) is 0 Å². The van der Waals surface area contributed by atoms with Crippen LogP contribution < -0.4 is 4.90 Å². The van der Waals surface area contributed by atoms with Gasteiger partial charge >= 0.3 is 0 Å². The monoisotopic (exact) mass is 306 g/mol. The van der Waals surface area contributed by atoms with Crippen LogP contribution in [0.25, 0.3) is 0 Å². The smallest absolute Gasteiger partial charge is 0.225 e. The molecular formula is C15H22N4OS. The van der Waals surface area contributed by atoms with Gasteiger partial charge in [-0.3, -0.25) is 4.79 Å². The highest BCUT2D eigenvalue weighted by Gasteiger charge is 2.29. The van der Waals surface area contributed by atoms with Crippen LogP contribution in [0.3, 0.4) is 0 Å². The van der Waals surface area contributed by atoms with Crippen LogP contribution in [0.15, 0.2) is 12.4 Å². The molecule has 2 fully saturated rings. The predicted molar refractivity (Wildman–Crippen MR) is 85.6 cm³/mol. The summed E-state index contributed by atoms with van der Waals surface area (Å²) in [4.78, 5) is 25.5. The van der Waals surface area contributed by atoms with Crippen LogP contribution in [0.4, 0.5) is 5.95 Å². The van der Waals surface area contributed by atoms with Crippen LogP contribution in [-0.4, -0.2) is 58.5 Å². The highest BCUT2D eigenvalue weighted by Crippen LogP contribution is 2.23. The highest BCUT2D eigenvalue weighted by atomic mass is 32.2. The minimum atomic E-state index is 0.190. The standard InChI is InChI=1S/C15H22N4OS/c1-12-10-16-15(17-11-12)19-4-2-13(3-5-19)14(20)18-6-8-21-9-7-18/h10-11,13H,2-9H2,1H3. The van der Waals surface area contributed by atoms with Gasteiger partial charge in [0.05, 0.1) is 0 Å². The SMILES string of the molecule is Cc1cnc(N2CCC(C(=O)N3CCSCC3)CC2)nc1. The van der Waals surface area contributed by atoms with Crippen molar-refractivity contribution in [1.29, 1.82) is 0 Å². The molecule has 1 amide bonds. The molecule has 2 saturated heterocycles. The van der Waals surface area contributed by atoms with Gasteiger partial charge < -0.3 is 9.80 Å². The molecule has 0 aliphatic carbocycles. The average molecular weight is 306 g/mol. The Balaban J connectivity index is 1.54. The highest BCUT2D eigenvalue weighted by molar-refractivity contribution is 7.99. The molecule has 0 spiro atoms. The Hall–Kier alpha value is -1.30. The maximum Gasteiger partial charge on any atom is 0.225 e. The summed E-state index contributed by atoms with van der Waals surface area (Å²) in [5.74, 6) is 3.51. The largest absolute Gasteiger partial charge is 0.341 e. The van der Waals surface area contributed by atoms with Gasteiger partial charge in [0, 0.05) is 56.0 Å². The lowest BCUT2D eigenvalue weighted by atomic mass is 9.95. The zero-order chi connectivity index (χ0) is 14.7. The number of nitrogens with zero attached hydrogens (tertiary/aromatic N) is 4. The number of aryl methyl sites for hydroxylation is 1. The summed E-state index contributed by atoms with van der Waals surface area (Å²) in [6.07, 6.45) is 5.54. The van der Waals surface area contributed by atoms with Crippen LogP contribution in [0.1, 0.15) is 18.4 Å². The first kappa shape index (κ1) is 14.6. The molecule has 21 heavy (non-hydrogen) atoms. The summed E-state index contributed by atoms with van der Waals surface area (Å²) in [7, 11) is 0. The molecule has 0 unspecified atom stereocenters. The van der Waals surface area contributed by atoms with Crippen LogP contribution in [0.5, 0.6) is 0 Å². The Labute approximate surface area is 130 Å². The molecule has 2 aliphatic rings. The third-order valence-electron chi connectivity index (χ3n) is 4.22. The Bertz CT molecular complexity index is 479. The van der Waals surface area contributed by atoms with Gasteiger partial charge in [0.2, 0.25) is 11.9 Å². The minimum absolute atomic E-state index is 0.190. The van der Waals surface area contributed by atoms with E-state index in [1.165, 1.54) is 0 Å². The van der Waals surface area contributed by atoms with Crippen molar-refractivity contribution in [2.45, 2.75) is 19.8 Å². The lowest BCUT2D eigenvalue weighted by Gasteiger charge is -2.35. The van der Waals surface area contributed by atoms with E-state index in [4.69, 9.17) is 0 Å². The summed E-state index contributed by atoms with van der Waals surface area (Å²) < 4.78 is 0. The van der Waals surface area contributed by atoms with Crippen molar-refractivity contribution >= 4 is 23.6 Å². The molecule has 5 nitrogen and oxygen atoms in total. The van der Waals surface area contributed by atoms with Crippen LogP contribution in [-0.2, 0) is 4.79 Å². The number of hydrogen-bond acceptors (Lipinski definition) is 5. The van der Waals surface area contributed by atoms with E-state index in [-0.39, 0.29) is 5.92 Å². The van der Waals surface area contributed by atoms with Gasteiger partial charge in [0.25, 0.3) is 0 Å². The third kappa shape index (κ3) is 3.48. The molecule has 6 heteroatoms. The first-order valence-corrected chi connectivity index (χ1v) is 8.79. The van der Waals surface area contributed by atoms with E-state index >= 15 is 0 Å². The van der Waals surface area contributed by atoms with Crippen molar-refractivity contribution in [1.82, 2.24) is 14.9 Å². The summed E-state index contributed by atoms with van der Waals surface area (Å²) in [6.45, 7) is 5.59. The molecule has 114 valence electrons. The first-order chi connectivity index (χ1) is 10.2. The second kappa shape index (κ2) is 6.64. The van der Waals surface area contributed by atoms with E-state index in [2.05, 4.69) is 19.8 Å². The summed E-state index contributed by atoms with van der Waals surface area (Å²) in [6, 6.07) is 0. The van der Waals surface area contributed by atoms with Crippen LogP contribution in [0, 0.1) is 12.8 Å². The molecule has 0 radical (unpaired) electrons. The second-order valence-corrected chi connectivity index (χ2v) is 6.98. The fourth-order valence-corrected chi connectivity index (χ4v) is 3.82. The van der Waals surface area contributed by atoms with E-state index < -0.39 is 0 Å². The number of amides is 1. The second-order valence-electron chi connectivity index (χ2n) is 5.76. The van der Waals surface area contributed by atoms with Crippen molar-refractivity contribution in [3.05, 3.63) is 18.0 Å². The maximum absolute atomic E-state index is 12.5. The number of carbonyl (C=O) groups is 1. The Morgan fingerprint density at radius 3 is 2.38 bits per heavy atom. The van der Waals surface area contributed by atoms with Gasteiger partial charge in [-0.2, -0.15) is 11.8 Å². The van der Waals surface area contributed by atoms with Crippen molar-refractivity contribution in [3.63, 3.8) is 0 Å². The molecule has 0 N–H and O–H groups in total. The molecule has 1 aromatic rings. The van der Waals surface area contributed by atoms with Crippen molar-refractivity contribution in [3.8, 4) is 0 Å². The summed E-state index contributed by atoms with van der Waals surface area (Å²) in [5.41, 5.74) is 1.08. The van der Waals surface area contributed by atoms with Gasteiger partial charge in [-0.25, -0.2) is 9.97 Å². The number of thioether (sulfide) groups is 1. The number of aromatic nitrogens is 2. The number of rotatable bonds is 2. The molecule has 0 bridgehead atoms. The molecule has 0 aromatic carbocycles. The van der Waals surface area contributed by atoms with Crippen LogP contribution in [0.2, 0.25) is 0 Å². The van der Waals surface area contributed by atoms with Crippen LogP contribution >= 0.6 is 11.8 Å². The normalized spacial score (nSPS) is 20.6. The average Bonchev–Trinajstić information content (AvgIpc) is 2.56. The Morgan fingerprint density at radius 2 is 1.76 bits per heavy atom. The summed E-state index contributed by atoms with van der Waals surface area (Å²) >= 11 is 1.94. The summed E-state index contributed by atoms with van der Waals surface area (Å²) in [5, 5.41) is 0. The van der Waals surface area contributed by atoms with Gasteiger partial charge in [-0.1, -0.05) is 0 Å². The number of anilines is 1. The molecule has 3 heterocycles. The molecule has 0 saturated carbocycles. The van der Waals surface area contributed by atoms with Gasteiger partial charge in [0.1, 0.15) is 0 Å². The zero-order valence-electron chi connectivity index (χ0n) is 12.5. The van der Waals surface area contributed by atoms with E-state index in [1.807, 2.05) is 31.1 Å². The van der Waals surface area contributed by atoms with Crippen molar-refractivity contribution < 1.29 is 4.79 Å². The van der Waals surface area contributed by atoms with Gasteiger partial charge in [-0.05, 0) is 25.3 Å². The van der Waals surface area contributed by atoms with E-state index in [1.54, 1.807) is 0 Å². The molecule has 3 rings (SSSR count). The molecular weight excluding hydrogens is 284 g/mol. The number of hydrogen-bond donors (Lipinski definition) is 0. The zero-order valence-corrected chi connectivity index (χ0v) is 13.3. The first-order valence-electron chi connectivity index (χ1n) is 7.64. The minimum Gasteiger partial charge on any atom is -0.341 e. The maximum atomic E-state index is 12.5. The molecule has 2 aliphatic heterocycles. The molecule has 1 aromatic heterocycles. The van der Waals surface area contributed by atoms with Gasteiger partial charge in [-0.15, -0.1) is 0 Å². The van der Waals surface area contributed by atoms with E-state index in [9.17, 15) is 4.79 Å². The van der Waals surface area contributed by atoms with Crippen molar-refractivity contribution in [2.75, 3.05) is 42.6 Å². The quantitative estimate of drug-likeness (QED) is 0.830. The Kier molecular flexibility index (Phi) is 4.63. The lowest BCUT2D eigenvalue weighted by Crippen LogP contribution is -2.45. The number of carbonyl (C=O) groups excluding carboxylic acids is 1. The third-order valence-corrected chi connectivity index (χ3v) is 5.16. The Morgan fingerprint density at radius 1 is 1.14 bits per heavy atom. The fraction of sp³-hybridized carbons (Fsp3) is 0.667. The van der Waals surface area contributed by atoms with E-state index in [0.29, 0.717) is 5.91 Å². The predicted octanol–water partition coefficient (Wildman–Crippen LogP) is 1.58. The fourth-order valence-electron chi connectivity index (χ4n) is 2.92. The topological polar surface area (TPSA) is 49.3 Å². The lowest BCUT2D eigenvalue weighted by molar-refractivity contribution is -0.135.